The Morgan fingerprint density at radius 3 is 1.85 bits per heavy atom. The maximum atomic E-state index is 9.73. The molecule has 0 aliphatic carbocycles. The van der Waals surface area contributed by atoms with E-state index in [9.17, 15) is 5.11 Å². The van der Waals surface area contributed by atoms with Crippen molar-refractivity contribution in [2.45, 2.75) is 54.9 Å². The Balaban J connectivity index is 3.22. The smallest absolute Gasteiger partial charge is 0.160 e. The summed E-state index contributed by atoms with van der Waals surface area (Å²) in [5.41, 5.74) is 1.68. The van der Waals surface area contributed by atoms with Crippen molar-refractivity contribution in [1.29, 1.82) is 0 Å². The van der Waals surface area contributed by atoms with Crippen molar-refractivity contribution < 1.29 is 9.84 Å². The van der Waals surface area contributed by atoms with Crippen LogP contribution in [0.25, 0.3) is 0 Å². The second kappa shape index (κ2) is 5.31. The molecule has 0 aromatic heterocycles. The van der Waals surface area contributed by atoms with Gasteiger partial charge in [0.1, 0.15) is 0 Å². The van der Waals surface area contributed by atoms with E-state index in [-0.39, 0.29) is 22.0 Å². The van der Waals surface area contributed by atoms with Crippen LogP contribution in [0.15, 0.2) is 18.2 Å². The van der Waals surface area contributed by atoms with E-state index in [0.29, 0.717) is 5.75 Å². The van der Waals surface area contributed by atoms with Crippen LogP contribution in [0.4, 0.5) is 0 Å². The van der Waals surface area contributed by atoms with E-state index in [2.05, 4.69) is 48.5 Å². The molecule has 0 unspecified atom stereocenters. The minimum atomic E-state index is 0.127. The molecule has 0 saturated carbocycles. The molecule has 2 nitrogen and oxygen atoms in total. The second-order valence-electron chi connectivity index (χ2n) is 8.02. The van der Waals surface area contributed by atoms with Crippen LogP contribution in [-0.4, -0.2) is 12.2 Å². The predicted molar refractivity (Wildman–Crippen MR) is 85.4 cm³/mol. The minimum Gasteiger partial charge on any atom is -0.504 e. The summed E-state index contributed by atoms with van der Waals surface area (Å²) in [5.74, 6) is 0.747. The predicted octanol–water partition coefficient (Wildman–Crippen LogP) is 5.04. The Labute approximate surface area is 124 Å². The molecule has 1 aromatic carbocycles. The van der Waals surface area contributed by atoms with Gasteiger partial charge in [-0.25, -0.2) is 0 Å². The van der Waals surface area contributed by atoms with Crippen LogP contribution in [0.5, 0.6) is 11.5 Å². The van der Waals surface area contributed by atoms with E-state index in [0.717, 1.165) is 6.42 Å². The third-order valence-electron chi connectivity index (χ3n) is 5.11. The summed E-state index contributed by atoms with van der Waals surface area (Å²) in [6.07, 6.45) is 0.955. The molecular weight excluding hydrogens is 248 g/mol. The highest BCUT2D eigenvalue weighted by Crippen LogP contribution is 2.53. The van der Waals surface area contributed by atoms with Crippen molar-refractivity contribution in [3.63, 3.8) is 0 Å². The van der Waals surface area contributed by atoms with Gasteiger partial charge in [0.25, 0.3) is 0 Å². The lowest BCUT2D eigenvalue weighted by atomic mass is 9.53. The zero-order valence-corrected chi connectivity index (χ0v) is 14.3. The molecule has 0 aliphatic heterocycles. The van der Waals surface area contributed by atoms with Gasteiger partial charge in [-0.15, -0.1) is 0 Å². The highest BCUT2D eigenvalue weighted by molar-refractivity contribution is 5.42. The Kier molecular flexibility index (Phi) is 4.48. The summed E-state index contributed by atoms with van der Waals surface area (Å²) < 4.78 is 5.22. The zero-order valence-electron chi connectivity index (χ0n) is 14.3. The number of phenolic OH excluding ortho intramolecular Hbond substituents is 1. The van der Waals surface area contributed by atoms with Crippen molar-refractivity contribution in [1.82, 2.24) is 0 Å². The van der Waals surface area contributed by atoms with Crippen molar-refractivity contribution in [3.05, 3.63) is 23.8 Å². The molecule has 0 amide bonds. The molecule has 0 aliphatic rings. The molecule has 1 aromatic rings. The molecule has 1 N–H and O–H groups in total. The lowest BCUT2D eigenvalue weighted by Crippen LogP contribution is -2.45. The molecule has 1 rings (SSSR count). The maximum absolute atomic E-state index is 9.73. The van der Waals surface area contributed by atoms with Crippen molar-refractivity contribution in [3.8, 4) is 11.5 Å². The first-order valence-corrected chi connectivity index (χ1v) is 7.28. The van der Waals surface area contributed by atoms with Crippen LogP contribution in [-0.2, 0) is 6.42 Å². The SMILES string of the molecule is COc1cc(CC(C)(C(C)(C)C)C(C)(C)C)ccc1O. The molecule has 0 fully saturated rings. The van der Waals surface area contributed by atoms with Gasteiger partial charge in [-0.2, -0.15) is 0 Å². The summed E-state index contributed by atoms with van der Waals surface area (Å²) in [5, 5.41) is 9.73. The summed E-state index contributed by atoms with van der Waals surface area (Å²) in [6.45, 7) is 16.2. The summed E-state index contributed by atoms with van der Waals surface area (Å²) in [4.78, 5) is 0. The highest BCUT2D eigenvalue weighted by Gasteiger charge is 2.46. The van der Waals surface area contributed by atoms with Gasteiger partial charge in [0, 0.05) is 0 Å². The van der Waals surface area contributed by atoms with Crippen LogP contribution in [0.1, 0.15) is 54.0 Å². The monoisotopic (exact) mass is 278 g/mol. The average molecular weight is 278 g/mol. The van der Waals surface area contributed by atoms with Gasteiger partial charge in [0.2, 0.25) is 0 Å². The minimum absolute atomic E-state index is 0.127. The van der Waals surface area contributed by atoms with Gasteiger partial charge in [-0.1, -0.05) is 54.5 Å². The number of phenols is 1. The summed E-state index contributed by atoms with van der Waals surface area (Å²) in [7, 11) is 1.59. The van der Waals surface area contributed by atoms with Crippen LogP contribution in [0.3, 0.4) is 0 Å². The Hall–Kier alpha value is -1.18. The Morgan fingerprint density at radius 2 is 1.45 bits per heavy atom. The number of hydrogen-bond donors (Lipinski definition) is 1. The molecular formula is C18H30O2. The van der Waals surface area contributed by atoms with Gasteiger partial charge in [0.05, 0.1) is 7.11 Å². The van der Waals surface area contributed by atoms with Gasteiger partial charge in [-0.05, 0) is 40.4 Å². The van der Waals surface area contributed by atoms with E-state index in [4.69, 9.17) is 4.74 Å². The number of rotatable bonds is 3. The number of methoxy groups -OCH3 is 1. The molecule has 0 spiro atoms. The normalized spacial score (nSPS) is 13.4. The first-order valence-electron chi connectivity index (χ1n) is 7.28. The number of benzene rings is 1. The quantitative estimate of drug-likeness (QED) is 0.839. The van der Waals surface area contributed by atoms with Crippen molar-refractivity contribution >= 4 is 0 Å². The van der Waals surface area contributed by atoms with Crippen LogP contribution in [0, 0.1) is 16.2 Å². The Bertz CT molecular complexity index is 447. The maximum Gasteiger partial charge on any atom is 0.160 e. The topological polar surface area (TPSA) is 29.5 Å². The van der Waals surface area contributed by atoms with E-state index < -0.39 is 0 Å². The molecule has 0 bridgehead atoms. The first-order chi connectivity index (χ1) is 8.92. The summed E-state index contributed by atoms with van der Waals surface area (Å²) >= 11 is 0. The highest BCUT2D eigenvalue weighted by atomic mass is 16.5. The first kappa shape index (κ1) is 16.9. The third-order valence-corrected chi connectivity index (χ3v) is 5.11. The standard InChI is InChI=1S/C18H30O2/c1-16(2,3)18(7,17(4,5)6)12-13-9-10-14(19)15(11-13)20-8/h9-11,19H,12H2,1-8H3. The molecule has 0 saturated heterocycles. The molecule has 0 heterocycles. The molecule has 20 heavy (non-hydrogen) atoms. The fraction of sp³-hybridized carbons (Fsp3) is 0.667. The van der Waals surface area contributed by atoms with Crippen molar-refractivity contribution in [2.75, 3.05) is 7.11 Å². The largest absolute Gasteiger partial charge is 0.504 e. The van der Waals surface area contributed by atoms with Crippen LogP contribution in [0.2, 0.25) is 0 Å². The lowest BCUT2D eigenvalue weighted by molar-refractivity contribution is -0.0133. The van der Waals surface area contributed by atoms with Crippen molar-refractivity contribution in [2.24, 2.45) is 16.2 Å². The van der Waals surface area contributed by atoms with Gasteiger partial charge in [-0.3, -0.25) is 0 Å². The number of hydrogen-bond acceptors (Lipinski definition) is 2. The zero-order chi connectivity index (χ0) is 15.8. The van der Waals surface area contributed by atoms with E-state index in [1.54, 1.807) is 13.2 Å². The Morgan fingerprint density at radius 1 is 0.950 bits per heavy atom. The van der Waals surface area contributed by atoms with E-state index >= 15 is 0 Å². The van der Waals surface area contributed by atoms with Crippen LogP contribution < -0.4 is 4.74 Å². The van der Waals surface area contributed by atoms with Gasteiger partial charge in [0.15, 0.2) is 11.5 Å². The number of ether oxygens (including phenoxy) is 1. The molecule has 114 valence electrons. The number of aromatic hydroxyl groups is 1. The second-order valence-corrected chi connectivity index (χ2v) is 8.02. The average Bonchev–Trinajstić information content (AvgIpc) is 2.28. The van der Waals surface area contributed by atoms with E-state index in [1.807, 2.05) is 12.1 Å². The van der Waals surface area contributed by atoms with Crippen LogP contribution >= 0.6 is 0 Å². The van der Waals surface area contributed by atoms with Gasteiger partial charge >= 0.3 is 0 Å². The summed E-state index contributed by atoms with van der Waals surface area (Å²) in [6, 6.07) is 5.67. The fourth-order valence-corrected chi connectivity index (χ4v) is 2.90. The van der Waals surface area contributed by atoms with Gasteiger partial charge < -0.3 is 9.84 Å². The van der Waals surface area contributed by atoms with E-state index in [1.165, 1.54) is 5.56 Å². The molecule has 0 atom stereocenters. The fourth-order valence-electron chi connectivity index (χ4n) is 2.90. The molecule has 2 heteroatoms. The molecule has 0 radical (unpaired) electrons. The third kappa shape index (κ3) is 3.11. The lowest BCUT2D eigenvalue weighted by Gasteiger charge is -2.52.